The largest absolute Gasteiger partial charge is 0.342 e. The van der Waals surface area contributed by atoms with E-state index in [0.717, 1.165) is 16.3 Å². The molecule has 0 bridgehead atoms. The zero-order chi connectivity index (χ0) is 13.8. The number of benzene rings is 1. The van der Waals surface area contributed by atoms with Gasteiger partial charge in [0, 0.05) is 23.3 Å². The van der Waals surface area contributed by atoms with Crippen LogP contribution in [0.1, 0.15) is 16.3 Å². The highest BCUT2D eigenvalue weighted by Gasteiger charge is 2.05. The minimum absolute atomic E-state index is 0.163. The molecule has 1 N–H and O–H groups in total. The maximum Gasteiger partial charge on any atom is 0.221 e. The number of carbonyl (C=O) groups excluding carboxylic acids is 1. The molecule has 0 aliphatic rings. The monoisotopic (exact) mass is 281 g/mol. The average Bonchev–Trinajstić information content (AvgIpc) is 3.17. The predicted octanol–water partition coefficient (Wildman–Crippen LogP) is 3.43. The van der Waals surface area contributed by atoms with E-state index < -0.39 is 0 Å². The molecule has 0 fully saturated rings. The summed E-state index contributed by atoms with van der Waals surface area (Å²) in [5.41, 5.74) is 1.85. The van der Waals surface area contributed by atoms with Gasteiger partial charge >= 0.3 is 0 Å². The third kappa shape index (κ3) is 2.73. The Labute approximate surface area is 119 Å². The quantitative estimate of drug-likeness (QED) is 0.588. The lowest BCUT2D eigenvalue weighted by Crippen LogP contribution is -1.96. The van der Waals surface area contributed by atoms with Crippen LogP contribution in [0.3, 0.4) is 0 Å². The Morgan fingerprint density at radius 1 is 1.25 bits per heavy atom. The van der Waals surface area contributed by atoms with Gasteiger partial charge in [0.15, 0.2) is 5.82 Å². The standard InChI is InChI=1S/C15H11N3OS/c19-13(14-16-8-9-17-14)7-6-12-10-20-15(18-12)11-4-2-1-3-5-11/h1-10H,(H,16,17)/b7-6+. The molecule has 0 unspecified atom stereocenters. The number of hydrogen-bond acceptors (Lipinski definition) is 4. The second-order valence-corrected chi connectivity index (χ2v) is 4.94. The number of rotatable bonds is 4. The van der Waals surface area contributed by atoms with Gasteiger partial charge in [-0.1, -0.05) is 30.3 Å². The second-order valence-electron chi connectivity index (χ2n) is 4.08. The minimum Gasteiger partial charge on any atom is -0.342 e. The first-order valence-electron chi connectivity index (χ1n) is 6.06. The Bertz CT molecular complexity index is 730. The summed E-state index contributed by atoms with van der Waals surface area (Å²) in [6.07, 6.45) is 6.35. The molecule has 0 amide bonds. The van der Waals surface area contributed by atoms with E-state index in [9.17, 15) is 4.79 Å². The lowest BCUT2D eigenvalue weighted by molar-refractivity contribution is 0.103. The summed E-state index contributed by atoms with van der Waals surface area (Å²) in [7, 11) is 0. The van der Waals surface area contributed by atoms with Gasteiger partial charge in [-0.2, -0.15) is 0 Å². The highest BCUT2D eigenvalue weighted by Crippen LogP contribution is 2.23. The van der Waals surface area contributed by atoms with Crippen molar-refractivity contribution in [3.05, 3.63) is 65.7 Å². The molecule has 0 aliphatic carbocycles. The number of thiazole rings is 1. The van der Waals surface area contributed by atoms with Crippen LogP contribution < -0.4 is 0 Å². The number of nitrogens with zero attached hydrogens (tertiary/aromatic N) is 2. The molecular weight excluding hydrogens is 270 g/mol. The molecule has 20 heavy (non-hydrogen) atoms. The Balaban J connectivity index is 1.76. The Hall–Kier alpha value is -2.53. The van der Waals surface area contributed by atoms with Gasteiger partial charge in [-0.15, -0.1) is 11.3 Å². The highest BCUT2D eigenvalue weighted by molar-refractivity contribution is 7.13. The van der Waals surface area contributed by atoms with E-state index in [4.69, 9.17) is 0 Å². The van der Waals surface area contributed by atoms with Crippen LogP contribution in [0.2, 0.25) is 0 Å². The van der Waals surface area contributed by atoms with Crippen LogP contribution in [0.4, 0.5) is 0 Å². The van der Waals surface area contributed by atoms with E-state index in [1.165, 1.54) is 6.08 Å². The second kappa shape index (κ2) is 5.63. The first-order chi connectivity index (χ1) is 9.83. The fourth-order valence-corrected chi connectivity index (χ4v) is 2.51. The summed E-state index contributed by atoms with van der Waals surface area (Å²) < 4.78 is 0. The third-order valence-electron chi connectivity index (χ3n) is 2.68. The first-order valence-corrected chi connectivity index (χ1v) is 6.93. The molecule has 2 aromatic heterocycles. The summed E-state index contributed by atoms with van der Waals surface area (Å²) in [6.45, 7) is 0. The van der Waals surface area contributed by atoms with Crippen molar-refractivity contribution in [3.8, 4) is 10.6 Å². The molecule has 0 atom stereocenters. The van der Waals surface area contributed by atoms with Gasteiger partial charge in [0.2, 0.25) is 5.78 Å². The molecule has 3 aromatic rings. The number of aromatic amines is 1. The van der Waals surface area contributed by atoms with Gasteiger partial charge in [-0.05, 0) is 12.2 Å². The normalized spacial score (nSPS) is 11.0. The molecule has 4 nitrogen and oxygen atoms in total. The van der Waals surface area contributed by atoms with Gasteiger partial charge in [0.25, 0.3) is 0 Å². The van der Waals surface area contributed by atoms with Gasteiger partial charge in [-0.25, -0.2) is 9.97 Å². The first kappa shape index (κ1) is 12.5. The van der Waals surface area contributed by atoms with Crippen molar-refractivity contribution in [2.45, 2.75) is 0 Å². The fourth-order valence-electron chi connectivity index (χ4n) is 1.72. The van der Waals surface area contributed by atoms with Crippen molar-refractivity contribution in [2.75, 3.05) is 0 Å². The maximum absolute atomic E-state index is 11.8. The molecule has 0 aliphatic heterocycles. The number of imidazole rings is 1. The molecule has 0 radical (unpaired) electrons. The van der Waals surface area contributed by atoms with Crippen molar-refractivity contribution in [1.29, 1.82) is 0 Å². The number of H-pyrrole nitrogens is 1. The number of hydrogen-bond donors (Lipinski definition) is 1. The fraction of sp³-hybridized carbons (Fsp3) is 0. The molecule has 5 heteroatoms. The van der Waals surface area contributed by atoms with E-state index in [1.54, 1.807) is 29.8 Å². The van der Waals surface area contributed by atoms with Crippen molar-refractivity contribution in [3.63, 3.8) is 0 Å². The van der Waals surface area contributed by atoms with Gasteiger partial charge < -0.3 is 4.98 Å². The van der Waals surface area contributed by atoms with Gasteiger partial charge in [-0.3, -0.25) is 4.79 Å². The summed E-state index contributed by atoms with van der Waals surface area (Å²) in [4.78, 5) is 22.9. The minimum atomic E-state index is -0.163. The molecular formula is C15H11N3OS. The van der Waals surface area contributed by atoms with Crippen LogP contribution in [-0.2, 0) is 0 Å². The average molecular weight is 281 g/mol. The van der Waals surface area contributed by atoms with Gasteiger partial charge in [0.05, 0.1) is 5.69 Å². The van der Waals surface area contributed by atoms with E-state index in [-0.39, 0.29) is 5.78 Å². The number of nitrogens with one attached hydrogen (secondary N) is 1. The lowest BCUT2D eigenvalue weighted by Gasteiger charge is -1.92. The van der Waals surface area contributed by atoms with Crippen LogP contribution in [0.25, 0.3) is 16.6 Å². The topological polar surface area (TPSA) is 58.6 Å². The highest BCUT2D eigenvalue weighted by atomic mass is 32.1. The molecule has 3 rings (SSSR count). The molecule has 2 heterocycles. The summed E-state index contributed by atoms with van der Waals surface area (Å²) in [6, 6.07) is 9.96. The van der Waals surface area contributed by atoms with Crippen molar-refractivity contribution in [1.82, 2.24) is 15.0 Å². The molecule has 1 aromatic carbocycles. The van der Waals surface area contributed by atoms with Crippen LogP contribution in [0, 0.1) is 0 Å². The zero-order valence-electron chi connectivity index (χ0n) is 10.5. The number of ketones is 1. The smallest absolute Gasteiger partial charge is 0.221 e. The Kier molecular flexibility index (Phi) is 3.52. The number of allylic oxidation sites excluding steroid dienone is 1. The van der Waals surface area contributed by atoms with E-state index in [2.05, 4.69) is 15.0 Å². The van der Waals surface area contributed by atoms with Gasteiger partial charge in [0.1, 0.15) is 5.01 Å². The number of aromatic nitrogens is 3. The summed E-state index contributed by atoms with van der Waals surface area (Å²) in [5.74, 6) is 0.170. The van der Waals surface area contributed by atoms with Crippen LogP contribution in [0.5, 0.6) is 0 Å². The molecule has 0 saturated heterocycles. The lowest BCUT2D eigenvalue weighted by atomic mass is 10.2. The van der Waals surface area contributed by atoms with Crippen molar-refractivity contribution < 1.29 is 4.79 Å². The molecule has 98 valence electrons. The predicted molar refractivity (Wildman–Crippen MR) is 79.5 cm³/mol. The Morgan fingerprint density at radius 3 is 2.85 bits per heavy atom. The van der Waals surface area contributed by atoms with Crippen molar-refractivity contribution in [2.24, 2.45) is 0 Å². The Morgan fingerprint density at radius 2 is 2.10 bits per heavy atom. The molecule has 0 saturated carbocycles. The summed E-state index contributed by atoms with van der Waals surface area (Å²) in [5, 5.41) is 2.87. The van der Waals surface area contributed by atoms with Crippen LogP contribution in [0.15, 0.2) is 54.2 Å². The van der Waals surface area contributed by atoms with Crippen LogP contribution >= 0.6 is 11.3 Å². The maximum atomic E-state index is 11.8. The van der Waals surface area contributed by atoms with Crippen LogP contribution in [-0.4, -0.2) is 20.7 Å². The van der Waals surface area contributed by atoms with E-state index in [1.807, 2.05) is 35.7 Å². The van der Waals surface area contributed by atoms with E-state index in [0.29, 0.717) is 5.82 Å². The molecule has 0 spiro atoms. The summed E-state index contributed by atoms with van der Waals surface area (Å²) >= 11 is 1.55. The van der Waals surface area contributed by atoms with Crippen molar-refractivity contribution >= 4 is 23.2 Å². The third-order valence-corrected chi connectivity index (χ3v) is 3.59. The van der Waals surface area contributed by atoms with E-state index >= 15 is 0 Å². The number of carbonyl (C=O) groups is 1. The SMILES string of the molecule is O=C(/C=C/c1csc(-c2ccccc2)n1)c1ncc[nH]1. The zero-order valence-corrected chi connectivity index (χ0v) is 11.3.